The zero-order valence-electron chi connectivity index (χ0n) is 14.2. The first-order valence-corrected chi connectivity index (χ1v) is 7.88. The van der Waals surface area contributed by atoms with E-state index >= 15 is 0 Å². The van der Waals surface area contributed by atoms with Crippen LogP contribution in [0.2, 0.25) is 5.02 Å². The van der Waals surface area contributed by atoms with E-state index in [4.69, 9.17) is 21.1 Å². The number of benzene rings is 2. The molecule has 25 heavy (non-hydrogen) atoms. The molecule has 0 spiro atoms. The molecule has 7 heteroatoms. The van der Waals surface area contributed by atoms with Gasteiger partial charge in [0, 0.05) is 22.5 Å². The second kappa shape index (κ2) is 8.39. The fourth-order valence-corrected chi connectivity index (χ4v) is 2.36. The van der Waals surface area contributed by atoms with Crippen molar-refractivity contribution in [3.63, 3.8) is 0 Å². The van der Waals surface area contributed by atoms with Crippen LogP contribution < -0.4 is 20.1 Å². The summed E-state index contributed by atoms with van der Waals surface area (Å²) in [6.07, 6.45) is -0.319. The summed E-state index contributed by atoms with van der Waals surface area (Å²) < 4.78 is 10.3. The molecule has 0 atom stereocenters. The van der Waals surface area contributed by atoms with E-state index in [1.54, 1.807) is 36.4 Å². The van der Waals surface area contributed by atoms with Gasteiger partial charge in [0.05, 0.1) is 14.2 Å². The Kier molecular flexibility index (Phi) is 6.25. The second-order valence-corrected chi connectivity index (χ2v) is 5.74. The highest BCUT2D eigenvalue weighted by atomic mass is 35.5. The summed E-state index contributed by atoms with van der Waals surface area (Å²) in [5, 5.41) is 5.84. The predicted molar refractivity (Wildman–Crippen MR) is 97.6 cm³/mol. The predicted octanol–water partition coefficient (Wildman–Crippen LogP) is 3.63. The van der Waals surface area contributed by atoms with Crippen molar-refractivity contribution < 1.29 is 19.1 Å². The molecule has 0 aliphatic rings. The van der Waals surface area contributed by atoms with Crippen LogP contribution >= 0.6 is 11.6 Å². The van der Waals surface area contributed by atoms with E-state index in [9.17, 15) is 9.59 Å². The molecule has 0 unspecified atom stereocenters. The minimum absolute atomic E-state index is 0.319. The van der Waals surface area contributed by atoms with Gasteiger partial charge in [0.2, 0.25) is 11.8 Å². The molecule has 0 aliphatic heterocycles. The molecule has 0 radical (unpaired) electrons. The third-order valence-corrected chi connectivity index (χ3v) is 3.70. The van der Waals surface area contributed by atoms with Crippen LogP contribution in [0.3, 0.4) is 0 Å². The number of hydrogen-bond acceptors (Lipinski definition) is 4. The quantitative estimate of drug-likeness (QED) is 0.769. The molecule has 2 aromatic carbocycles. The maximum Gasteiger partial charge on any atom is 0.233 e. The molecule has 2 aromatic rings. The summed E-state index contributed by atoms with van der Waals surface area (Å²) in [6, 6.07) is 10.1. The van der Waals surface area contributed by atoms with E-state index in [2.05, 4.69) is 10.6 Å². The van der Waals surface area contributed by atoms with E-state index in [0.717, 1.165) is 5.56 Å². The lowest BCUT2D eigenvalue weighted by Crippen LogP contribution is -2.21. The molecule has 0 heterocycles. The van der Waals surface area contributed by atoms with Crippen molar-refractivity contribution in [1.82, 2.24) is 0 Å². The number of carbonyl (C=O) groups is 2. The smallest absolute Gasteiger partial charge is 0.233 e. The molecular weight excluding hydrogens is 344 g/mol. The first-order valence-electron chi connectivity index (χ1n) is 7.51. The second-order valence-electron chi connectivity index (χ2n) is 5.30. The minimum Gasteiger partial charge on any atom is -0.493 e. The van der Waals surface area contributed by atoms with Crippen molar-refractivity contribution in [3.05, 3.63) is 47.0 Å². The topological polar surface area (TPSA) is 76.7 Å². The van der Waals surface area contributed by atoms with Crippen LogP contribution in [0.25, 0.3) is 0 Å². The van der Waals surface area contributed by atoms with Crippen LogP contribution in [0.1, 0.15) is 12.0 Å². The van der Waals surface area contributed by atoms with Crippen molar-refractivity contribution in [1.29, 1.82) is 0 Å². The Bertz CT molecular complexity index is 793. The van der Waals surface area contributed by atoms with Crippen molar-refractivity contribution in [2.75, 3.05) is 24.9 Å². The Morgan fingerprint density at radius 3 is 2.32 bits per heavy atom. The highest BCUT2D eigenvalue weighted by Crippen LogP contribution is 2.29. The van der Waals surface area contributed by atoms with Gasteiger partial charge in [0.1, 0.15) is 6.42 Å². The normalized spacial score (nSPS) is 10.1. The summed E-state index contributed by atoms with van der Waals surface area (Å²) in [5.41, 5.74) is 1.95. The summed E-state index contributed by atoms with van der Waals surface area (Å²) in [4.78, 5) is 24.1. The molecule has 2 rings (SSSR count). The monoisotopic (exact) mass is 362 g/mol. The Morgan fingerprint density at radius 1 is 0.960 bits per heavy atom. The Morgan fingerprint density at radius 2 is 1.64 bits per heavy atom. The molecule has 0 bridgehead atoms. The first-order chi connectivity index (χ1) is 11.9. The van der Waals surface area contributed by atoms with Gasteiger partial charge >= 0.3 is 0 Å². The minimum atomic E-state index is -0.440. The lowest BCUT2D eigenvalue weighted by atomic mass is 10.2. The van der Waals surface area contributed by atoms with Gasteiger partial charge < -0.3 is 20.1 Å². The molecule has 0 aliphatic carbocycles. The van der Waals surface area contributed by atoms with Crippen LogP contribution in [-0.2, 0) is 9.59 Å². The zero-order chi connectivity index (χ0) is 18.4. The van der Waals surface area contributed by atoms with E-state index in [1.807, 2.05) is 6.92 Å². The molecule has 0 fully saturated rings. The number of anilines is 2. The number of methoxy groups -OCH3 is 2. The fourth-order valence-electron chi connectivity index (χ4n) is 2.19. The van der Waals surface area contributed by atoms with Crippen molar-refractivity contribution in [2.45, 2.75) is 13.3 Å². The standard InChI is InChI=1S/C18H19ClN2O4/c1-11-4-5-12(19)8-14(11)21-18(23)10-17(22)20-13-6-7-15(24-2)16(9-13)25-3/h4-9H,10H2,1-3H3,(H,20,22)(H,21,23). The van der Waals surface area contributed by atoms with Gasteiger partial charge in [-0.15, -0.1) is 0 Å². The van der Waals surface area contributed by atoms with E-state index in [-0.39, 0.29) is 6.42 Å². The number of rotatable bonds is 6. The van der Waals surface area contributed by atoms with Gasteiger partial charge in [-0.1, -0.05) is 17.7 Å². The number of aryl methyl sites for hydroxylation is 1. The number of hydrogen-bond donors (Lipinski definition) is 2. The number of amides is 2. The van der Waals surface area contributed by atoms with Gasteiger partial charge in [-0.25, -0.2) is 0 Å². The van der Waals surface area contributed by atoms with Crippen molar-refractivity contribution in [2.24, 2.45) is 0 Å². The van der Waals surface area contributed by atoms with Crippen molar-refractivity contribution in [3.8, 4) is 11.5 Å². The van der Waals surface area contributed by atoms with Crippen LogP contribution in [0.5, 0.6) is 11.5 Å². The lowest BCUT2D eigenvalue weighted by Gasteiger charge is -2.11. The largest absolute Gasteiger partial charge is 0.493 e. The number of halogens is 1. The fraction of sp³-hybridized carbons (Fsp3) is 0.222. The van der Waals surface area contributed by atoms with Crippen LogP contribution in [0.4, 0.5) is 11.4 Å². The summed E-state index contributed by atoms with van der Waals surface area (Å²) in [6.45, 7) is 1.84. The number of ether oxygens (including phenoxy) is 2. The van der Waals surface area contributed by atoms with E-state index in [0.29, 0.717) is 27.9 Å². The molecule has 2 N–H and O–H groups in total. The average molecular weight is 363 g/mol. The number of nitrogens with one attached hydrogen (secondary N) is 2. The average Bonchev–Trinajstić information content (AvgIpc) is 2.57. The molecule has 0 saturated carbocycles. The maximum absolute atomic E-state index is 12.0. The molecule has 6 nitrogen and oxygen atoms in total. The van der Waals surface area contributed by atoms with Crippen molar-refractivity contribution >= 4 is 34.8 Å². The van der Waals surface area contributed by atoms with Gasteiger partial charge in [-0.05, 0) is 36.8 Å². The summed E-state index contributed by atoms with van der Waals surface area (Å²) >= 11 is 5.91. The van der Waals surface area contributed by atoms with E-state index in [1.165, 1.54) is 14.2 Å². The zero-order valence-corrected chi connectivity index (χ0v) is 14.9. The highest BCUT2D eigenvalue weighted by Gasteiger charge is 2.13. The summed E-state index contributed by atoms with van der Waals surface area (Å²) in [5.74, 6) is 0.168. The van der Waals surface area contributed by atoms with E-state index < -0.39 is 11.8 Å². The van der Waals surface area contributed by atoms with Gasteiger partial charge in [0.25, 0.3) is 0 Å². The Balaban J connectivity index is 1.97. The maximum atomic E-state index is 12.0. The Labute approximate surface area is 151 Å². The van der Waals surface area contributed by atoms with Crippen LogP contribution in [-0.4, -0.2) is 26.0 Å². The van der Waals surface area contributed by atoms with Gasteiger partial charge in [0.15, 0.2) is 11.5 Å². The third-order valence-electron chi connectivity index (χ3n) is 3.46. The SMILES string of the molecule is COc1ccc(NC(=O)CC(=O)Nc2cc(Cl)ccc2C)cc1OC. The third kappa shape index (κ3) is 5.12. The molecule has 2 amide bonds. The molecule has 0 aromatic heterocycles. The van der Waals surface area contributed by atoms with Crippen LogP contribution in [0, 0.1) is 6.92 Å². The molecule has 132 valence electrons. The lowest BCUT2D eigenvalue weighted by molar-refractivity contribution is -0.123. The van der Waals surface area contributed by atoms with Crippen LogP contribution in [0.15, 0.2) is 36.4 Å². The van der Waals surface area contributed by atoms with Gasteiger partial charge in [-0.2, -0.15) is 0 Å². The first kappa shape index (κ1) is 18.6. The highest BCUT2D eigenvalue weighted by molar-refractivity contribution is 6.31. The number of carbonyl (C=O) groups excluding carboxylic acids is 2. The molecule has 0 saturated heterocycles. The summed E-state index contributed by atoms with van der Waals surface area (Å²) in [7, 11) is 3.03. The van der Waals surface area contributed by atoms with Gasteiger partial charge in [-0.3, -0.25) is 9.59 Å². The Hall–Kier alpha value is -2.73. The molecular formula is C18H19ClN2O4.